The number of carbonyl (C=O) groups excluding carboxylic acids is 1. The molecule has 2 fully saturated rings. The quantitative estimate of drug-likeness (QED) is 0.494. The lowest BCUT2D eigenvalue weighted by molar-refractivity contribution is -0.135. The van der Waals surface area contributed by atoms with Crippen LogP contribution in [0.5, 0.6) is 0 Å². The van der Waals surface area contributed by atoms with Gasteiger partial charge in [0.25, 0.3) is 0 Å². The van der Waals surface area contributed by atoms with Crippen molar-refractivity contribution in [2.24, 2.45) is 11.8 Å². The number of hydrogen-bond donors (Lipinski definition) is 3. The molecule has 3 aliphatic rings. The third-order valence-electron chi connectivity index (χ3n) is 7.01. The molecule has 1 aromatic rings. The Labute approximate surface area is 178 Å². The number of aliphatic hydroxyl groups excluding tert-OH is 1. The maximum Gasteiger partial charge on any atom is 0.222 e. The highest BCUT2D eigenvalue weighted by Gasteiger charge is 2.37. The summed E-state index contributed by atoms with van der Waals surface area (Å²) in [7, 11) is 0. The molecule has 1 amide bonds. The van der Waals surface area contributed by atoms with Crippen LogP contribution in [-0.2, 0) is 9.53 Å². The first kappa shape index (κ1) is 21.0. The predicted molar refractivity (Wildman–Crippen MR) is 115 cm³/mol. The molecule has 162 valence electrons. The largest absolute Gasteiger partial charge is 0.393 e. The Bertz CT molecular complexity index is 784. The average molecular weight is 413 g/mol. The molecule has 0 bridgehead atoms. The molecule has 7 heteroatoms. The van der Waals surface area contributed by atoms with Crippen LogP contribution in [0.1, 0.15) is 55.7 Å². The molecule has 0 aliphatic carbocycles. The lowest BCUT2D eigenvalue weighted by Gasteiger charge is -2.36. The van der Waals surface area contributed by atoms with Crippen molar-refractivity contribution in [3.8, 4) is 0 Å². The molecule has 0 aromatic heterocycles. The molecule has 3 N–H and O–H groups in total. The Morgan fingerprint density at radius 1 is 1.20 bits per heavy atom. The van der Waals surface area contributed by atoms with Gasteiger partial charge < -0.3 is 19.6 Å². The van der Waals surface area contributed by atoms with Crippen molar-refractivity contribution in [2.45, 2.75) is 50.7 Å². The number of likely N-dealkylation sites (tertiary alicyclic amines) is 1. The summed E-state index contributed by atoms with van der Waals surface area (Å²) in [6.07, 6.45) is 5.35. The Balaban J connectivity index is 1.31. The smallest absolute Gasteiger partial charge is 0.222 e. The first-order chi connectivity index (χ1) is 14.6. The monoisotopic (exact) mass is 412 g/mol. The summed E-state index contributed by atoms with van der Waals surface area (Å²) in [5.74, 6) is 1.15. The van der Waals surface area contributed by atoms with Gasteiger partial charge in [-0.25, -0.2) is 0 Å². The average Bonchev–Trinajstić information content (AvgIpc) is 3.05. The summed E-state index contributed by atoms with van der Waals surface area (Å²) < 4.78 is 5.38. The second-order valence-electron chi connectivity index (χ2n) is 8.77. The molecule has 2 atom stereocenters. The van der Waals surface area contributed by atoms with E-state index in [1.807, 2.05) is 29.2 Å². The summed E-state index contributed by atoms with van der Waals surface area (Å²) in [6, 6.07) is 7.57. The van der Waals surface area contributed by atoms with E-state index in [2.05, 4.69) is 0 Å². The van der Waals surface area contributed by atoms with Crippen LogP contribution in [0.25, 0.3) is 0 Å². The maximum atomic E-state index is 12.6. The van der Waals surface area contributed by atoms with Crippen molar-refractivity contribution in [3.63, 3.8) is 0 Å². The molecule has 1 aromatic carbocycles. The Morgan fingerprint density at radius 2 is 1.90 bits per heavy atom. The molecule has 30 heavy (non-hydrogen) atoms. The van der Waals surface area contributed by atoms with Gasteiger partial charge in [0.1, 0.15) is 5.84 Å². The van der Waals surface area contributed by atoms with Gasteiger partial charge in [0.05, 0.1) is 18.5 Å². The second kappa shape index (κ2) is 9.27. The summed E-state index contributed by atoms with van der Waals surface area (Å²) in [6.45, 7) is 2.94. The number of rotatable bonds is 6. The number of carbonyl (C=O) groups is 1. The zero-order valence-corrected chi connectivity index (χ0v) is 17.4. The summed E-state index contributed by atoms with van der Waals surface area (Å²) in [5, 5.41) is 27.0. The van der Waals surface area contributed by atoms with Gasteiger partial charge in [-0.2, -0.15) is 0 Å². The number of hydrogen-bond acceptors (Lipinski definition) is 5. The van der Waals surface area contributed by atoms with Gasteiger partial charge in [0, 0.05) is 38.3 Å². The van der Waals surface area contributed by atoms with Crippen LogP contribution >= 0.6 is 0 Å². The van der Waals surface area contributed by atoms with Crippen LogP contribution in [-0.4, -0.2) is 65.4 Å². The summed E-state index contributed by atoms with van der Waals surface area (Å²) in [5.41, 5.74) is 1.85. The Kier molecular flexibility index (Phi) is 6.49. The zero-order chi connectivity index (χ0) is 21.1. The van der Waals surface area contributed by atoms with Crippen molar-refractivity contribution in [1.29, 1.82) is 10.8 Å². The van der Waals surface area contributed by atoms with E-state index in [1.54, 1.807) is 4.90 Å². The number of amidine groups is 1. The van der Waals surface area contributed by atoms with Gasteiger partial charge in [-0.05, 0) is 49.5 Å². The van der Waals surface area contributed by atoms with E-state index in [4.69, 9.17) is 15.6 Å². The van der Waals surface area contributed by atoms with E-state index < -0.39 is 6.10 Å². The van der Waals surface area contributed by atoms with Crippen molar-refractivity contribution >= 4 is 18.1 Å². The number of fused-ring (bicyclic) bond motifs is 1. The van der Waals surface area contributed by atoms with Gasteiger partial charge in [-0.1, -0.05) is 24.3 Å². The molecule has 0 spiro atoms. The van der Waals surface area contributed by atoms with E-state index in [-0.39, 0.29) is 17.9 Å². The van der Waals surface area contributed by atoms with E-state index >= 15 is 0 Å². The zero-order valence-electron chi connectivity index (χ0n) is 17.4. The van der Waals surface area contributed by atoms with Crippen molar-refractivity contribution in [1.82, 2.24) is 9.80 Å². The molecular weight excluding hydrogens is 380 g/mol. The number of nitrogens with one attached hydrogen (secondary N) is 2. The molecule has 2 saturated heterocycles. The Hall–Kier alpha value is -2.25. The number of benzene rings is 1. The van der Waals surface area contributed by atoms with Crippen LogP contribution in [0, 0.1) is 22.7 Å². The molecule has 2 unspecified atom stereocenters. The minimum atomic E-state index is -0.510. The van der Waals surface area contributed by atoms with E-state index in [9.17, 15) is 9.90 Å². The highest BCUT2D eigenvalue weighted by atomic mass is 16.5. The van der Waals surface area contributed by atoms with Gasteiger partial charge in [0.2, 0.25) is 5.91 Å². The fourth-order valence-electron chi connectivity index (χ4n) is 5.12. The van der Waals surface area contributed by atoms with E-state index in [0.717, 1.165) is 50.0 Å². The number of aliphatic hydroxyl groups is 1. The molecule has 3 aliphatic heterocycles. The fourth-order valence-corrected chi connectivity index (χ4v) is 5.12. The minimum Gasteiger partial charge on any atom is -0.393 e. The molecular formula is C23H32N4O3. The first-order valence-corrected chi connectivity index (χ1v) is 11.1. The molecule has 0 saturated carbocycles. The maximum absolute atomic E-state index is 12.6. The third kappa shape index (κ3) is 4.27. The standard InChI is InChI=1S/C23H32N4O3/c24-15-27-20(18-3-1-2-4-19(18)23(27)25)14-21(28)17-5-9-26(10-6-17)22(29)13-16-7-11-30-12-8-16/h1-4,15-17,20-21,24-25,28H,5-14H2. The van der Waals surface area contributed by atoms with Crippen molar-refractivity contribution < 1.29 is 14.6 Å². The van der Waals surface area contributed by atoms with E-state index in [1.165, 1.54) is 6.34 Å². The topological polar surface area (TPSA) is 101 Å². The molecule has 7 nitrogen and oxygen atoms in total. The number of amides is 1. The van der Waals surface area contributed by atoms with E-state index in [0.29, 0.717) is 37.7 Å². The fraction of sp³-hybridized carbons (Fsp3) is 0.609. The minimum absolute atomic E-state index is 0.145. The molecule has 0 radical (unpaired) electrons. The van der Waals surface area contributed by atoms with Crippen molar-refractivity contribution in [3.05, 3.63) is 35.4 Å². The van der Waals surface area contributed by atoms with Gasteiger partial charge in [-0.3, -0.25) is 15.6 Å². The van der Waals surface area contributed by atoms with Crippen LogP contribution < -0.4 is 0 Å². The van der Waals surface area contributed by atoms with Crippen LogP contribution in [0.15, 0.2) is 24.3 Å². The lowest BCUT2D eigenvalue weighted by Crippen LogP contribution is -2.42. The molecule has 4 rings (SSSR count). The van der Waals surface area contributed by atoms with Gasteiger partial charge in [0.15, 0.2) is 0 Å². The highest BCUT2D eigenvalue weighted by molar-refractivity contribution is 6.06. The van der Waals surface area contributed by atoms with Crippen molar-refractivity contribution in [2.75, 3.05) is 26.3 Å². The van der Waals surface area contributed by atoms with Crippen LogP contribution in [0.4, 0.5) is 0 Å². The SMILES string of the molecule is N=CN1C(=N)c2ccccc2C1CC(O)C1CCN(C(=O)CC2CCOCC2)CC1. The lowest BCUT2D eigenvalue weighted by atomic mass is 9.86. The number of nitrogens with zero attached hydrogens (tertiary/aromatic N) is 2. The first-order valence-electron chi connectivity index (χ1n) is 11.1. The molecule has 3 heterocycles. The number of ether oxygens (including phenoxy) is 1. The third-order valence-corrected chi connectivity index (χ3v) is 7.01. The Morgan fingerprint density at radius 3 is 2.60 bits per heavy atom. The summed E-state index contributed by atoms with van der Waals surface area (Å²) >= 11 is 0. The second-order valence-corrected chi connectivity index (χ2v) is 8.77. The van der Waals surface area contributed by atoms with Crippen LogP contribution in [0.2, 0.25) is 0 Å². The predicted octanol–water partition coefficient (Wildman–Crippen LogP) is 2.78. The number of piperidine rings is 1. The normalized spacial score (nSPS) is 24.0. The summed E-state index contributed by atoms with van der Waals surface area (Å²) in [4.78, 5) is 16.2. The highest BCUT2D eigenvalue weighted by Crippen LogP contribution is 2.37. The van der Waals surface area contributed by atoms with Gasteiger partial charge in [-0.15, -0.1) is 0 Å². The van der Waals surface area contributed by atoms with Crippen LogP contribution in [0.3, 0.4) is 0 Å². The van der Waals surface area contributed by atoms with Gasteiger partial charge >= 0.3 is 0 Å².